The van der Waals surface area contributed by atoms with Crippen molar-refractivity contribution >= 4 is 56.4 Å². The number of aromatic nitrogens is 1. The zero-order valence-electron chi connectivity index (χ0n) is 15.9. The smallest absolute Gasteiger partial charge is 0.335 e. The van der Waals surface area contributed by atoms with Crippen LogP contribution in [0.3, 0.4) is 0 Å². The number of benzene rings is 2. The number of aryl methyl sites for hydroxylation is 2. The van der Waals surface area contributed by atoms with Gasteiger partial charge in [-0.3, -0.25) is 14.9 Å². The Kier molecular flexibility index (Phi) is 4.84. The third-order valence-electron chi connectivity index (χ3n) is 4.96. The van der Waals surface area contributed by atoms with Gasteiger partial charge in [-0.1, -0.05) is 34.1 Å². The number of amides is 4. The first-order valence-electron chi connectivity index (χ1n) is 9.16. The molecule has 0 atom stereocenters. The molecule has 0 aliphatic carbocycles. The van der Waals surface area contributed by atoms with Gasteiger partial charge in [0.15, 0.2) is 0 Å². The van der Waals surface area contributed by atoms with Gasteiger partial charge in [0.05, 0.1) is 5.69 Å². The van der Waals surface area contributed by atoms with Crippen LogP contribution in [0.2, 0.25) is 0 Å². The molecule has 146 valence electrons. The van der Waals surface area contributed by atoms with Crippen LogP contribution in [0.25, 0.3) is 17.0 Å². The highest BCUT2D eigenvalue weighted by Gasteiger charge is 2.37. The molecule has 0 unspecified atom stereocenters. The van der Waals surface area contributed by atoms with Gasteiger partial charge in [0, 0.05) is 33.7 Å². The quantitative estimate of drug-likeness (QED) is 0.473. The number of barbiturate groups is 1. The summed E-state index contributed by atoms with van der Waals surface area (Å²) in [5, 5.41) is 3.21. The molecular weight excluding hydrogens is 434 g/mol. The zero-order chi connectivity index (χ0) is 20.7. The van der Waals surface area contributed by atoms with Crippen LogP contribution in [0.15, 0.2) is 58.7 Å². The van der Waals surface area contributed by atoms with E-state index in [-0.39, 0.29) is 5.57 Å². The van der Waals surface area contributed by atoms with E-state index in [4.69, 9.17) is 0 Å². The molecule has 2 heterocycles. The summed E-state index contributed by atoms with van der Waals surface area (Å²) >= 11 is 3.41. The summed E-state index contributed by atoms with van der Waals surface area (Å²) in [4.78, 5) is 39.0. The van der Waals surface area contributed by atoms with E-state index >= 15 is 0 Å². The van der Waals surface area contributed by atoms with Crippen LogP contribution in [0.1, 0.15) is 18.1 Å². The van der Waals surface area contributed by atoms with Gasteiger partial charge in [-0.05, 0) is 49.8 Å². The molecule has 3 aromatic rings. The largest absolute Gasteiger partial charge is 0.347 e. The number of anilines is 1. The Bertz CT molecular complexity index is 1210. The van der Waals surface area contributed by atoms with E-state index in [0.717, 1.165) is 37.9 Å². The third kappa shape index (κ3) is 3.27. The fourth-order valence-corrected chi connectivity index (χ4v) is 3.71. The van der Waals surface area contributed by atoms with Crippen molar-refractivity contribution in [1.29, 1.82) is 0 Å². The maximum atomic E-state index is 13.1. The molecule has 7 heteroatoms. The van der Waals surface area contributed by atoms with Gasteiger partial charge in [-0.15, -0.1) is 0 Å². The molecule has 1 aromatic heterocycles. The lowest BCUT2D eigenvalue weighted by Gasteiger charge is -2.26. The molecule has 1 fully saturated rings. The Morgan fingerprint density at radius 3 is 2.59 bits per heavy atom. The van der Waals surface area contributed by atoms with Crippen LogP contribution >= 0.6 is 15.9 Å². The van der Waals surface area contributed by atoms with Crippen LogP contribution in [0, 0.1) is 6.92 Å². The summed E-state index contributed by atoms with van der Waals surface area (Å²) in [6.45, 7) is 4.64. The van der Waals surface area contributed by atoms with Crippen molar-refractivity contribution in [3.63, 3.8) is 0 Å². The summed E-state index contributed by atoms with van der Waals surface area (Å²) in [7, 11) is 0. The molecule has 4 rings (SSSR count). The standard InChI is InChI=1S/C22H18BrN3O3/c1-3-25-12-14(16-6-4-5-7-19(16)25)11-17-20(27)24-22(29)26(21(17)28)15-8-9-18(23)13(2)10-15/h4-12H,3H2,1-2H3,(H,24,27,29)/b17-11+. The summed E-state index contributed by atoms with van der Waals surface area (Å²) in [6, 6.07) is 12.2. The van der Waals surface area contributed by atoms with Gasteiger partial charge >= 0.3 is 6.03 Å². The number of hydrogen-bond donors (Lipinski definition) is 1. The van der Waals surface area contributed by atoms with E-state index in [1.54, 1.807) is 24.3 Å². The Balaban J connectivity index is 1.81. The molecule has 0 bridgehead atoms. The first kappa shape index (κ1) is 19.1. The monoisotopic (exact) mass is 451 g/mol. The summed E-state index contributed by atoms with van der Waals surface area (Å²) < 4.78 is 2.92. The second-order valence-corrected chi connectivity index (χ2v) is 7.63. The van der Waals surface area contributed by atoms with Gasteiger partial charge in [-0.2, -0.15) is 0 Å². The molecule has 4 amide bonds. The number of rotatable bonds is 3. The second kappa shape index (κ2) is 7.33. The van der Waals surface area contributed by atoms with Crippen molar-refractivity contribution in [2.75, 3.05) is 4.90 Å². The average molecular weight is 452 g/mol. The van der Waals surface area contributed by atoms with Gasteiger partial charge in [0.1, 0.15) is 5.57 Å². The number of nitrogens with one attached hydrogen (secondary N) is 1. The molecule has 1 aliphatic rings. The molecule has 0 saturated carbocycles. The lowest BCUT2D eigenvalue weighted by atomic mass is 10.1. The van der Waals surface area contributed by atoms with E-state index in [0.29, 0.717) is 5.69 Å². The second-order valence-electron chi connectivity index (χ2n) is 6.78. The number of carbonyl (C=O) groups is 3. The number of halogens is 1. The topological polar surface area (TPSA) is 71.4 Å². The van der Waals surface area contributed by atoms with Crippen LogP contribution < -0.4 is 10.2 Å². The van der Waals surface area contributed by atoms with Crippen LogP contribution in [-0.4, -0.2) is 22.4 Å². The van der Waals surface area contributed by atoms with Crippen molar-refractivity contribution in [2.45, 2.75) is 20.4 Å². The summed E-state index contributed by atoms with van der Waals surface area (Å²) in [6.07, 6.45) is 3.46. The molecule has 29 heavy (non-hydrogen) atoms. The van der Waals surface area contributed by atoms with E-state index in [2.05, 4.69) is 21.2 Å². The highest BCUT2D eigenvalue weighted by atomic mass is 79.9. The van der Waals surface area contributed by atoms with Gasteiger partial charge in [-0.25, -0.2) is 9.69 Å². The van der Waals surface area contributed by atoms with E-state index in [1.165, 1.54) is 0 Å². The zero-order valence-corrected chi connectivity index (χ0v) is 17.5. The first-order chi connectivity index (χ1) is 13.9. The van der Waals surface area contributed by atoms with Gasteiger partial charge in [0.2, 0.25) is 0 Å². The van der Waals surface area contributed by atoms with E-state index < -0.39 is 17.8 Å². The first-order valence-corrected chi connectivity index (χ1v) is 9.95. The van der Waals surface area contributed by atoms with Crippen LogP contribution in [0.4, 0.5) is 10.5 Å². The molecule has 1 aliphatic heterocycles. The number of imide groups is 2. The van der Waals surface area contributed by atoms with E-state index in [1.807, 2.05) is 48.9 Å². The van der Waals surface area contributed by atoms with Gasteiger partial charge in [0.25, 0.3) is 11.8 Å². The minimum atomic E-state index is -0.755. The van der Waals surface area contributed by atoms with Crippen molar-refractivity contribution in [3.8, 4) is 0 Å². The Morgan fingerprint density at radius 1 is 1.10 bits per heavy atom. The molecule has 2 aromatic carbocycles. The fourth-order valence-electron chi connectivity index (χ4n) is 3.47. The highest BCUT2D eigenvalue weighted by molar-refractivity contribution is 9.10. The van der Waals surface area contributed by atoms with Crippen LogP contribution in [-0.2, 0) is 16.1 Å². The highest BCUT2D eigenvalue weighted by Crippen LogP contribution is 2.28. The van der Waals surface area contributed by atoms with Crippen LogP contribution in [0.5, 0.6) is 0 Å². The molecule has 6 nitrogen and oxygen atoms in total. The van der Waals surface area contributed by atoms with Crippen molar-refractivity contribution in [1.82, 2.24) is 9.88 Å². The van der Waals surface area contributed by atoms with E-state index in [9.17, 15) is 14.4 Å². The number of para-hydroxylation sites is 1. The number of nitrogens with zero attached hydrogens (tertiary/aromatic N) is 2. The predicted octanol–water partition coefficient (Wildman–Crippen LogP) is 4.40. The molecule has 1 N–H and O–H groups in total. The van der Waals surface area contributed by atoms with Crippen molar-refractivity contribution < 1.29 is 14.4 Å². The maximum Gasteiger partial charge on any atom is 0.335 e. The normalized spacial score (nSPS) is 16.0. The number of fused-ring (bicyclic) bond motifs is 1. The Morgan fingerprint density at radius 2 is 1.86 bits per heavy atom. The SMILES string of the molecule is CCn1cc(/C=C2\C(=O)NC(=O)N(c3ccc(Br)c(C)c3)C2=O)c2ccccc21. The Hall–Kier alpha value is -3.19. The van der Waals surface area contributed by atoms with Gasteiger partial charge < -0.3 is 4.57 Å². The lowest BCUT2D eigenvalue weighted by molar-refractivity contribution is -0.122. The lowest BCUT2D eigenvalue weighted by Crippen LogP contribution is -2.54. The fraction of sp³-hybridized carbons (Fsp3) is 0.136. The number of hydrogen-bond acceptors (Lipinski definition) is 3. The number of urea groups is 1. The predicted molar refractivity (Wildman–Crippen MR) is 115 cm³/mol. The molecular formula is C22H18BrN3O3. The average Bonchev–Trinajstić information content (AvgIpc) is 3.05. The summed E-state index contributed by atoms with van der Waals surface area (Å²) in [5.74, 6) is -1.34. The maximum absolute atomic E-state index is 13.1. The molecule has 1 saturated heterocycles. The third-order valence-corrected chi connectivity index (χ3v) is 5.85. The molecule has 0 radical (unpaired) electrons. The number of carbonyl (C=O) groups excluding carboxylic acids is 3. The minimum absolute atomic E-state index is 0.0795. The molecule has 0 spiro atoms. The minimum Gasteiger partial charge on any atom is -0.347 e. The van der Waals surface area contributed by atoms with Crippen molar-refractivity contribution in [3.05, 3.63) is 69.8 Å². The summed E-state index contributed by atoms with van der Waals surface area (Å²) in [5.41, 5.74) is 2.97. The Labute approximate surface area is 175 Å². The van der Waals surface area contributed by atoms with Crippen molar-refractivity contribution in [2.24, 2.45) is 0 Å².